The van der Waals surface area contributed by atoms with E-state index in [-0.39, 0.29) is 5.91 Å². The predicted molar refractivity (Wildman–Crippen MR) is 126 cm³/mol. The summed E-state index contributed by atoms with van der Waals surface area (Å²) < 4.78 is 1.83. The molecule has 7 heteroatoms. The minimum Gasteiger partial charge on any atom is -0.325 e. The molecule has 1 aromatic heterocycles. The number of benzene rings is 3. The fourth-order valence-corrected chi connectivity index (χ4v) is 4.40. The third-order valence-corrected chi connectivity index (χ3v) is 6.26. The van der Waals surface area contributed by atoms with Crippen LogP contribution in [0.1, 0.15) is 21.9 Å². The lowest BCUT2D eigenvalue weighted by Crippen LogP contribution is -2.20. The molecule has 4 aromatic rings. The first kappa shape index (κ1) is 21.2. The molecule has 0 spiro atoms. The fraction of sp³-hybridized carbons (Fsp3) is 0.125. The third kappa shape index (κ3) is 4.98. The molecule has 0 bridgehead atoms. The molecule has 1 unspecified atom stereocenters. The van der Waals surface area contributed by atoms with Gasteiger partial charge in [0.2, 0.25) is 5.91 Å². The number of carbonyl (C=O) groups is 1. The number of nitrogens with zero attached hydrogens (tertiary/aromatic N) is 3. The number of rotatable bonds is 6. The van der Waals surface area contributed by atoms with Gasteiger partial charge in [-0.05, 0) is 54.8 Å². The number of hydrogen-bond acceptors (Lipinski definition) is 4. The molecule has 4 rings (SSSR count). The van der Waals surface area contributed by atoms with Crippen LogP contribution in [-0.2, 0) is 4.79 Å². The number of hydrogen-bond donors (Lipinski definition) is 1. The third-order valence-electron chi connectivity index (χ3n) is 4.82. The van der Waals surface area contributed by atoms with Gasteiger partial charge < -0.3 is 5.32 Å². The van der Waals surface area contributed by atoms with Crippen molar-refractivity contribution in [2.24, 2.45) is 0 Å². The Hall–Kier alpha value is -3.09. The van der Waals surface area contributed by atoms with Gasteiger partial charge in [-0.1, -0.05) is 71.9 Å². The molecule has 5 nitrogen and oxygen atoms in total. The van der Waals surface area contributed by atoms with Crippen LogP contribution in [0, 0.1) is 13.8 Å². The summed E-state index contributed by atoms with van der Waals surface area (Å²) in [4.78, 5) is 13.4. The minimum absolute atomic E-state index is 0.120. The number of carbonyl (C=O) groups excluding carboxylic acids is 1. The monoisotopic (exact) mass is 448 g/mol. The van der Waals surface area contributed by atoms with E-state index in [9.17, 15) is 4.79 Å². The van der Waals surface area contributed by atoms with Crippen molar-refractivity contribution in [3.8, 4) is 5.69 Å². The zero-order valence-corrected chi connectivity index (χ0v) is 18.7. The van der Waals surface area contributed by atoms with Crippen molar-refractivity contribution < 1.29 is 4.79 Å². The molecule has 0 aliphatic heterocycles. The number of anilines is 1. The Balaban J connectivity index is 1.67. The Morgan fingerprint density at radius 1 is 1.03 bits per heavy atom. The van der Waals surface area contributed by atoms with Gasteiger partial charge in [0, 0.05) is 10.7 Å². The van der Waals surface area contributed by atoms with E-state index in [0.717, 1.165) is 28.1 Å². The molecule has 0 radical (unpaired) electrons. The van der Waals surface area contributed by atoms with Crippen molar-refractivity contribution in [1.29, 1.82) is 0 Å². The summed E-state index contributed by atoms with van der Waals surface area (Å²) in [6, 6.07) is 23.1. The van der Waals surface area contributed by atoms with Crippen LogP contribution < -0.4 is 5.32 Å². The molecule has 0 aliphatic rings. The van der Waals surface area contributed by atoms with Gasteiger partial charge in [0.15, 0.2) is 5.16 Å². The molecule has 1 atom stereocenters. The second kappa shape index (κ2) is 9.37. The summed E-state index contributed by atoms with van der Waals surface area (Å²) in [6.07, 6.45) is 1.62. The van der Waals surface area contributed by atoms with Crippen LogP contribution in [0.5, 0.6) is 0 Å². The number of amides is 1. The van der Waals surface area contributed by atoms with Gasteiger partial charge in [-0.3, -0.25) is 9.36 Å². The Morgan fingerprint density at radius 3 is 2.61 bits per heavy atom. The molecular formula is C24H21ClN4OS. The van der Waals surface area contributed by atoms with E-state index in [1.165, 1.54) is 11.8 Å². The van der Waals surface area contributed by atoms with Crippen molar-refractivity contribution in [3.05, 3.63) is 101 Å². The first-order valence-corrected chi connectivity index (χ1v) is 11.0. The molecule has 1 amide bonds. The molecule has 0 aliphatic carbocycles. The number of halogens is 1. The zero-order valence-electron chi connectivity index (χ0n) is 17.1. The number of nitrogens with one attached hydrogen (secondary N) is 1. The van der Waals surface area contributed by atoms with Crippen LogP contribution in [0.4, 0.5) is 5.69 Å². The highest BCUT2D eigenvalue weighted by Gasteiger charge is 2.25. The van der Waals surface area contributed by atoms with Crippen molar-refractivity contribution >= 4 is 35.0 Å². The first-order chi connectivity index (χ1) is 15.0. The fourth-order valence-electron chi connectivity index (χ4n) is 3.18. The van der Waals surface area contributed by atoms with Crippen LogP contribution in [0.3, 0.4) is 0 Å². The average molecular weight is 449 g/mol. The predicted octanol–water partition coefficient (Wildman–Crippen LogP) is 6.01. The Labute approximate surface area is 190 Å². The van der Waals surface area contributed by atoms with Gasteiger partial charge in [0.25, 0.3) is 0 Å². The SMILES string of the molecule is Cc1ccc(C)c(NC(=O)C(Sc2nncn2-c2cccc(Cl)c2)c2ccccc2)c1. The molecular weight excluding hydrogens is 428 g/mol. The lowest BCUT2D eigenvalue weighted by molar-refractivity contribution is -0.115. The zero-order chi connectivity index (χ0) is 21.8. The van der Waals surface area contributed by atoms with Crippen LogP contribution >= 0.6 is 23.4 Å². The Kier molecular flexibility index (Phi) is 6.39. The van der Waals surface area contributed by atoms with E-state index >= 15 is 0 Å². The molecule has 1 N–H and O–H groups in total. The maximum absolute atomic E-state index is 13.4. The highest BCUT2D eigenvalue weighted by molar-refractivity contribution is 8.00. The van der Waals surface area contributed by atoms with E-state index in [1.54, 1.807) is 6.33 Å². The summed E-state index contributed by atoms with van der Waals surface area (Å²) in [7, 11) is 0. The standard InChI is InChI=1S/C24H21ClN4OS/c1-16-11-12-17(2)21(13-16)27-23(30)22(18-7-4-3-5-8-18)31-24-28-26-15-29(24)20-10-6-9-19(25)14-20/h3-15,22H,1-2H3,(H,27,30). The Morgan fingerprint density at radius 2 is 1.84 bits per heavy atom. The normalized spacial score (nSPS) is 11.8. The molecule has 31 heavy (non-hydrogen) atoms. The van der Waals surface area contributed by atoms with Crippen LogP contribution in [-0.4, -0.2) is 20.7 Å². The van der Waals surface area contributed by atoms with Crippen molar-refractivity contribution in [1.82, 2.24) is 14.8 Å². The van der Waals surface area contributed by atoms with E-state index in [2.05, 4.69) is 15.5 Å². The largest absolute Gasteiger partial charge is 0.325 e. The molecule has 0 saturated carbocycles. The summed E-state index contributed by atoms with van der Waals surface area (Å²) in [5.41, 5.74) is 4.63. The van der Waals surface area contributed by atoms with Gasteiger partial charge in [-0.2, -0.15) is 0 Å². The molecule has 0 fully saturated rings. The number of thioether (sulfide) groups is 1. The van der Waals surface area contributed by atoms with Gasteiger partial charge in [0.05, 0.1) is 5.69 Å². The van der Waals surface area contributed by atoms with Crippen molar-refractivity contribution in [3.63, 3.8) is 0 Å². The summed E-state index contributed by atoms with van der Waals surface area (Å²) in [5, 5.41) is 12.1. The molecule has 3 aromatic carbocycles. The van der Waals surface area contributed by atoms with Gasteiger partial charge >= 0.3 is 0 Å². The second-order valence-corrected chi connectivity index (χ2v) is 8.69. The van der Waals surface area contributed by atoms with Gasteiger partial charge in [-0.15, -0.1) is 10.2 Å². The quantitative estimate of drug-likeness (QED) is 0.367. The lowest BCUT2D eigenvalue weighted by Gasteiger charge is -2.18. The highest BCUT2D eigenvalue weighted by Crippen LogP contribution is 2.36. The Bertz CT molecular complexity index is 1210. The smallest absolute Gasteiger partial charge is 0.242 e. The van der Waals surface area contributed by atoms with Gasteiger partial charge in [0.1, 0.15) is 11.6 Å². The molecule has 0 saturated heterocycles. The minimum atomic E-state index is -0.511. The average Bonchev–Trinajstić information content (AvgIpc) is 3.23. The molecule has 1 heterocycles. The molecule has 156 valence electrons. The summed E-state index contributed by atoms with van der Waals surface area (Å²) >= 11 is 7.51. The highest BCUT2D eigenvalue weighted by atomic mass is 35.5. The van der Waals surface area contributed by atoms with E-state index < -0.39 is 5.25 Å². The summed E-state index contributed by atoms with van der Waals surface area (Å²) in [6.45, 7) is 3.99. The lowest BCUT2D eigenvalue weighted by atomic mass is 10.1. The van der Waals surface area contributed by atoms with E-state index in [4.69, 9.17) is 11.6 Å². The maximum atomic E-state index is 13.4. The van der Waals surface area contributed by atoms with Crippen LogP contribution in [0.15, 0.2) is 84.3 Å². The van der Waals surface area contributed by atoms with E-state index in [0.29, 0.717) is 10.2 Å². The van der Waals surface area contributed by atoms with Crippen molar-refractivity contribution in [2.45, 2.75) is 24.3 Å². The van der Waals surface area contributed by atoms with Crippen molar-refractivity contribution in [2.75, 3.05) is 5.32 Å². The van der Waals surface area contributed by atoms with Crippen LogP contribution in [0.25, 0.3) is 5.69 Å². The number of aromatic nitrogens is 3. The van der Waals surface area contributed by atoms with Crippen LogP contribution in [0.2, 0.25) is 5.02 Å². The topological polar surface area (TPSA) is 59.8 Å². The van der Waals surface area contributed by atoms with Gasteiger partial charge in [-0.25, -0.2) is 0 Å². The first-order valence-electron chi connectivity index (χ1n) is 9.77. The number of aryl methyl sites for hydroxylation is 2. The second-order valence-electron chi connectivity index (χ2n) is 7.18. The summed E-state index contributed by atoms with van der Waals surface area (Å²) in [5.74, 6) is -0.120. The van der Waals surface area contributed by atoms with E-state index in [1.807, 2.05) is 91.2 Å². The maximum Gasteiger partial charge on any atom is 0.242 e.